The second-order valence-electron chi connectivity index (χ2n) is 3.49. The molecule has 1 saturated heterocycles. The molecule has 0 saturated carbocycles. The van der Waals surface area contributed by atoms with Crippen LogP contribution in [0.4, 0.5) is 0 Å². The lowest BCUT2D eigenvalue weighted by atomic mass is 10.1. The maximum atomic E-state index is 5.82. The van der Waals surface area contributed by atoms with Crippen molar-refractivity contribution in [3.63, 3.8) is 0 Å². The van der Waals surface area contributed by atoms with Crippen LogP contribution < -0.4 is 5.73 Å². The monoisotopic (exact) mass is 197 g/mol. The van der Waals surface area contributed by atoms with E-state index in [1.807, 2.05) is 0 Å². The van der Waals surface area contributed by atoms with Gasteiger partial charge >= 0.3 is 0 Å². The molecule has 0 spiro atoms. The lowest BCUT2D eigenvalue weighted by Crippen LogP contribution is -2.18. The van der Waals surface area contributed by atoms with Crippen molar-refractivity contribution in [3.8, 4) is 0 Å². The Kier molecular flexibility index (Phi) is 2.67. The van der Waals surface area contributed by atoms with Gasteiger partial charge in [0.25, 0.3) is 0 Å². The zero-order chi connectivity index (χ0) is 9.26. The highest BCUT2D eigenvalue weighted by atomic mass is 32.1. The van der Waals surface area contributed by atoms with Crippen molar-refractivity contribution in [2.75, 3.05) is 6.54 Å². The second kappa shape index (κ2) is 3.78. The molecular formula is C10H15NOS. The number of aryl methyl sites for hydroxylation is 1. The second-order valence-corrected chi connectivity index (χ2v) is 4.61. The Morgan fingerprint density at radius 2 is 2.46 bits per heavy atom. The molecule has 1 aliphatic rings. The molecule has 2 heterocycles. The van der Waals surface area contributed by atoms with Gasteiger partial charge in [-0.15, -0.1) is 11.3 Å². The minimum atomic E-state index is 0.282. The molecule has 2 nitrogen and oxygen atoms in total. The maximum absolute atomic E-state index is 5.82. The summed E-state index contributed by atoms with van der Waals surface area (Å²) in [6.45, 7) is 2.80. The van der Waals surface area contributed by atoms with E-state index < -0.39 is 0 Å². The van der Waals surface area contributed by atoms with Crippen LogP contribution in [0.5, 0.6) is 0 Å². The van der Waals surface area contributed by atoms with Gasteiger partial charge in [0, 0.05) is 11.4 Å². The third-order valence-corrected chi connectivity index (χ3v) is 3.48. The van der Waals surface area contributed by atoms with Gasteiger partial charge in [0.1, 0.15) is 0 Å². The van der Waals surface area contributed by atoms with Crippen molar-refractivity contribution >= 4 is 11.3 Å². The van der Waals surface area contributed by atoms with Crippen LogP contribution in [-0.2, 0) is 4.74 Å². The van der Waals surface area contributed by atoms with E-state index >= 15 is 0 Å². The van der Waals surface area contributed by atoms with Crippen LogP contribution in [0.15, 0.2) is 11.4 Å². The first-order valence-electron chi connectivity index (χ1n) is 4.70. The van der Waals surface area contributed by atoms with E-state index in [1.54, 1.807) is 11.3 Å². The molecular weight excluding hydrogens is 182 g/mol. The van der Waals surface area contributed by atoms with Gasteiger partial charge in [-0.05, 0) is 36.8 Å². The quantitative estimate of drug-likeness (QED) is 0.789. The van der Waals surface area contributed by atoms with Crippen LogP contribution >= 0.6 is 11.3 Å². The Morgan fingerprint density at radius 1 is 1.62 bits per heavy atom. The summed E-state index contributed by atoms with van der Waals surface area (Å²) in [5, 5.41) is 2.13. The SMILES string of the molecule is Cc1sccc1C1CCC(CN)O1. The van der Waals surface area contributed by atoms with Gasteiger partial charge < -0.3 is 10.5 Å². The molecule has 2 atom stereocenters. The zero-order valence-corrected chi connectivity index (χ0v) is 8.64. The number of hydrogen-bond donors (Lipinski definition) is 1. The Bertz CT molecular complexity index is 284. The molecule has 1 aliphatic heterocycles. The smallest absolute Gasteiger partial charge is 0.0840 e. The van der Waals surface area contributed by atoms with Crippen molar-refractivity contribution in [3.05, 3.63) is 21.9 Å². The third-order valence-electron chi connectivity index (χ3n) is 2.62. The zero-order valence-electron chi connectivity index (χ0n) is 7.82. The molecule has 0 aliphatic carbocycles. The normalized spacial score (nSPS) is 28.2. The average molecular weight is 197 g/mol. The summed E-state index contributed by atoms with van der Waals surface area (Å²) in [6.07, 6.45) is 2.82. The summed E-state index contributed by atoms with van der Waals surface area (Å²) in [4.78, 5) is 1.38. The largest absolute Gasteiger partial charge is 0.369 e. The highest BCUT2D eigenvalue weighted by Gasteiger charge is 2.26. The minimum absolute atomic E-state index is 0.282. The Labute approximate surface area is 82.7 Å². The lowest BCUT2D eigenvalue weighted by Gasteiger charge is -2.11. The first-order chi connectivity index (χ1) is 6.31. The maximum Gasteiger partial charge on any atom is 0.0840 e. The van der Waals surface area contributed by atoms with Crippen molar-refractivity contribution in [2.45, 2.75) is 32.0 Å². The Balaban J connectivity index is 2.08. The van der Waals surface area contributed by atoms with Gasteiger partial charge in [0.05, 0.1) is 12.2 Å². The number of nitrogens with two attached hydrogens (primary N) is 1. The highest BCUT2D eigenvalue weighted by molar-refractivity contribution is 7.10. The van der Waals surface area contributed by atoms with Gasteiger partial charge in [0.15, 0.2) is 0 Å². The summed E-state index contributed by atoms with van der Waals surface area (Å²) in [5.74, 6) is 0. The average Bonchev–Trinajstić information content (AvgIpc) is 2.71. The molecule has 3 heteroatoms. The Hall–Kier alpha value is -0.380. The molecule has 1 aromatic heterocycles. The topological polar surface area (TPSA) is 35.2 Å². The number of hydrogen-bond acceptors (Lipinski definition) is 3. The molecule has 1 aromatic rings. The molecule has 0 aromatic carbocycles. The lowest BCUT2D eigenvalue weighted by molar-refractivity contribution is 0.0498. The molecule has 0 bridgehead atoms. The number of ether oxygens (including phenoxy) is 1. The van der Waals surface area contributed by atoms with E-state index in [-0.39, 0.29) is 6.10 Å². The van der Waals surface area contributed by atoms with E-state index in [2.05, 4.69) is 18.4 Å². The van der Waals surface area contributed by atoms with Crippen LogP contribution in [0, 0.1) is 6.92 Å². The summed E-state index contributed by atoms with van der Waals surface area (Å²) in [5.41, 5.74) is 6.93. The van der Waals surface area contributed by atoms with Crippen molar-refractivity contribution < 1.29 is 4.74 Å². The number of rotatable bonds is 2. The van der Waals surface area contributed by atoms with Crippen molar-refractivity contribution in [2.24, 2.45) is 5.73 Å². The predicted molar refractivity (Wildman–Crippen MR) is 55.0 cm³/mol. The molecule has 0 amide bonds. The third kappa shape index (κ3) is 1.77. The van der Waals surface area contributed by atoms with Crippen LogP contribution in [0.1, 0.15) is 29.4 Å². The fraction of sp³-hybridized carbons (Fsp3) is 0.600. The van der Waals surface area contributed by atoms with Gasteiger partial charge in [-0.2, -0.15) is 0 Å². The standard InChI is InChI=1S/C10H15NOS/c1-7-9(4-5-13-7)10-3-2-8(6-11)12-10/h4-5,8,10H,2-3,6,11H2,1H3. The summed E-state index contributed by atoms with van der Waals surface area (Å²) in [6, 6.07) is 2.17. The van der Waals surface area contributed by atoms with Crippen LogP contribution in [0.25, 0.3) is 0 Å². The number of thiophene rings is 1. The highest BCUT2D eigenvalue weighted by Crippen LogP contribution is 2.35. The van der Waals surface area contributed by atoms with E-state index in [0.29, 0.717) is 12.6 Å². The first kappa shape index (κ1) is 9.19. The molecule has 1 fully saturated rings. The van der Waals surface area contributed by atoms with Crippen molar-refractivity contribution in [1.29, 1.82) is 0 Å². The van der Waals surface area contributed by atoms with Gasteiger partial charge in [-0.3, -0.25) is 0 Å². The fourth-order valence-electron chi connectivity index (χ4n) is 1.84. The predicted octanol–water partition coefficient (Wildman–Crippen LogP) is 2.24. The van der Waals surface area contributed by atoms with Crippen LogP contribution in [-0.4, -0.2) is 12.6 Å². The molecule has 2 unspecified atom stereocenters. The summed E-state index contributed by atoms with van der Waals surface area (Å²) < 4.78 is 5.82. The molecule has 72 valence electrons. The van der Waals surface area contributed by atoms with E-state index in [0.717, 1.165) is 12.8 Å². The van der Waals surface area contributed by atoms with Crippen LogP contribution in [0.2, 0.25) is 0 Å². The first-order valence-corrected chi connectivity index (χ1v) is 5.58. The van der Waals surface area contributed by atoms with Crippen LogP contribution in [0.3, 0.4) is 0 Å². The summed E-state index contributed by atoms with van der Waals surface area (Å²) >= 11 is 1.79. The molecule has 0 radical (unpaired) electrons. The van der Waals surface area contributed by atoms with Gasteiger partial charge in [-0.1, -0.05) is 0 Å². The summed E-state index contributed by atoms with van der Waals surface area (Å²) in [7, 11) is 0. The van der Waals surface area contributed by atoms with Crippen molar-refractivity contribution in [1.82, 2.24) is 0 Å². The molecule has 2 N–H and O–H groups in total. The van der Waals surface area contributed by atoms with E-state index in [9.17, 15) is 0 Å². The fourth-order valence-corrected chi connectivity index (χ4v) is 2.59. The molecule has 2 rings (SSSR count). The Morgan fingerprint density at radius 3 is 3.00 bits per heavy atom. The minimum Gasteiger partial charge on any atom is -0.369 e. The van der Waals surface area contributed by atoms with Gasteiger partial charge in [0.2, 0.25) is 0 Å². The molecule has 13 heavy (non-hydrogen) atoms. The van der Waals surface area contributed by atoms with E-state index in [1.165, 1.54) is 10.4 Å². The van der Waals surface area contributed by atoms with E-state index in [4.69, 9.17) is 10.5 Å². The van der Waals surface area contributed by atoms with Gasteiger partial charge in [-0.25, -0.2) is 0 Å².